The van der Waals surface area contributed by atoms with Crippen molar-refractivity contribution in [2.24, 2.45) is 5.92 Å². The van der Waals surface area contributed by atoms with E-state index in [1.165, 1.54) is 24.0 Å². The SMILES string of the molecule is CC(C)c1ccc(C2NCC(=O)N2CC2CC2)cc1. The zero-order valence-corrected chi connectivity index (χ0v) is 11.7. The van der Waals surface area contributed by atoms with E-state index in [0.29, 0.717) is 12.5 Å². The molecule has 1 aromatic rings. The number of hydrogen-bond donors (Lipinski definition) is 1. The third-order valence-corrected chi connectivity index (χ3v) is 4.15. The highest BCUT2D eigenvalue weighted by Crippen LogP contribution is 2.33. The first-order valence-electron chi connectivity index (χ1n) is 7.28. The van der Waals surface area contributed by atoms with Gasteiger partial charge >= 0.3 is 0 Å². The molecule has 0 spiro atoms. The maximum absolute atomic E-state index is 12.0. The zero-order chi connectivity index (χ0) is 13.4. The van der Waals surface area contributed by atoms with Gasteiger partial charge in [0.1, 0.15) is 6.17 Å². The lowest BCUT2D eigenvalue weighted by atomic mass is 10.0. The summed E-state index contributed by atoms with van der Waals surface area (Å²) in [7, 11) is 0. The molecule has 1 aromatic carbocycles. The summed E-state index contributed by atoms with van der Waals surface area (Å²) >= 11 is 0. The second-order valence-corrected chi connectivity index (χ2v) is 6.09. The number of nitrogens with zero attached hydrogens (tertiary/aromatic N) is 1. The van der Waals surface area contributed by atoms with Gasteiger partial charge in [-0.25, -0.2) is 0 Å². The molecule has 2 aliphatic rings. The lowest BCUT2D eigenvalue weighted by molar-refractivity contribution is -0.128. The number of benzene rings is 1. The van der Waals surface area contributed by atoms with Gasteiger partial charge in [-0.05, 0) is 35.8 Å². The molecule has 0 bridgehead atoms. The molecule has 19 heavy (non-hydrogen) atoms. The fourth-order valence-electron chi connectivity index (χ4n) is 2.69. The van der Waals surface area contributed by atoms with Crippen LogP contribution < -0.4 is 5.32 Å². The molecule has 1 aliphatic heterocycles. The van der Waals surface area contributed by atoms with Crippen LogP contribution in [0.2, 0.25) is 0 Å². The Hall–Kier alpha value is -1.35. The number of hydrogen-bond acceptors (Lipinski definition) is 2. The van der Waals surface area contributed by atoms with Crippen LogP contribution in [0.1, 0.15) is 49.9 Å². The smallest absolute Gasteiger partial charge is 0.238 e. The van der Waals surface area contributed by atoms with E-state index in [9.17, 15) is 4.79 Å². The van der Waals surface area contributed by atoms with Crippen molar-refractivity contribution in [1.29, 1.82) is 0 Å². The van der Waals surface area contributed by atoms with E-state index in [1.54, 1.807) is 0 Å². The van der Waals surface area contributed by atoms with Crippen molar-refractivity contribution < 1.29 is 4.79 Å². The standard InChI is InChI=1S/C16H22N2O/c1-11(2)13-5-7-14(8-6-13)16-17-9-15(19)18(16)10-12-3-4-12/h5-8,11-12,16-17H,3-4,9-10H2,1-2H3. The summed E-state index contributed by atoms with van der Waals surface area (Å²) < 4.78 is 0. The van der Waals surface area contributed by atoms with Crippen LogP contribution in [0.4, 0.5) is 0 Å². The van der Waals surface area contributed by atoms with Crippen molar-refractivity contribution in [1.82, 2.24) is 10.2 Å². The normalized spacial score (nSPS) is 23.4. The Morgan fingerprint density at radius 2 is 1.95 bits per heavy atom. The zero-order valence-electron chi connectivity index (χ0n) is 11.7. The first-order chi connectivity index (χ1) is 9.15. The van der Waals surface area contributed by atoms with Crippen molar-refractivity contribution in [2.75, 3.05) is 13.1 Å². The Balaban J connectivity index is 1.77. The molecule has 1 heterocycles. The van der Waals surface area contributed by atoms with Crippen LogP contribution in [0.25, 0.3) is 0 Å². The third-order valence-electron chi connectivity index (χ3n) is 4.15. The second kappa shape index (κ2) is 4.97. The first-order valence-corrected chi connectivity index (χ1v) is 7.28. The minimum atomic E-state index is 0.0781. The monoisotopic (exact) mass is 258 g/mol. The van der Waals surface area contributed by atoms with Crippen molar-refractivity contribution in [3.8, 4) is 0 Å². The number of carbonyl (C=O) groups excluding carboxylic acids is 1. The lowest BCUT2D eigenvalue weighted by Crippen LogP contribution is -2.32. The summed E-state index contributed by atoms with van der Waals surface area (Å²) in [6.07, 6.45) is 2.64. The molecule has 102 valence electrons. The average Bonchev–Trinajstić information content (AvgIpc) is 3.15. The molecular weight excluding hydrogens is 236 g/mol. The maximum Gasteiger partial charge on any atom is 0.238 e. The molecule has 1 unspecified atom stereocenters. The molecule has 3 nitrogen and oxygen atoms in total. The van der Waals surface area contributed by atoms with E-state index >= 15 is 0 Å². The Morgan fingerprint density at radius 3 is 2.53 bits per heavy atom. The lowest BCUT2D eigenvalue weighted by Gasteiger charge is -2.25. The maximum atomic E-state index is 12.0. The molecule has 3 heteroatoms. The predicted molar refractivity (Wildman–Crippen MR) is 75.7 cm³/mol. The minimum absolute atomic E-state index is 0.0781. The Kier molecular flexibility index (Phi) is 3.31. The van der Waals surface area contributed by atoms with E-state index in [1.807, 2.05) is 4.90 Å². The molecule has 1 aliphatic carbocycles. The molecule has 2 fully saturated rings. The fourth-order valence-corrected chi connectivity index (χ4v) is 2.69. The molecule has 1 amide bonds. The van der Waals surface area contributed by atoms with Gasteiger partial charge in [0.05, 0.1) is 6.54 Å². The average molecular weight is 258 g/mol. The van der Waals surface area contributed by atoms with Crippen molar-refractivity contribution in [2.45, 2.75) is 38.8 Å². The Labute approximate surface area is 115 Å². The van der Waals surface area contributed by atoms with Gasteiger partial charge in [-0.3, -0.25) is 10.1 Å². The number of carbonyl (C=O) groups is 1. The largest absolute Gasteiger partial charge is 0.322 e. The first kappa shape index (κ1) is 12.7. The minimum Gasteiger partial charge on any atom is -0.322 e. The van der Waals surface area contributed by atoms with Crippen LogP contribution in [0.5, 0.6) is 0 Å². The van der Waals surface area contributed by atoms with E-state index in [0.717, 1.165) is 12.5 Å². The second-order valence-electron chi connectivity index (χ2n) is 6.09. The van der Waals surface area contributed by atoms with Gasteiger partial charge in [0.2, 0.25) is 5.91 Å². The van der Waals surface area contributed by atoms with E-state index < -0.39 is 0 Å². The number of rotatable bonds is 4. The third kappa shape index (κ3) is 2.66. The van der Waals surface area contributed by atoms with Crippen LogP contribution in [0.15, 0.2) is 24.3 Å². The Bertz CT molecular complexity index is 462. The van der Waals surface area contributed by atoms with Crippen LogP contribution in [-0.4, -0.2) is 23.9 Å². The summed E-state index contributed by atoms with van der Waals surface area (Å²) in [6.45, 7) is 5.79. The van der Waals surface area contributed by atoms with Crippen LogP contribution in [-0.2, 0) is 4.79 Å². The summed E-state index contributed by atoms with van der Waals surface area (Å²) in [5.41, 5.74) is 2.55. The van der Waals surface area contributed by atoms with Gasteiger partial charge < -0.3 is 4.90 Å². The van der Waals surface area contributed by atoms with Gasteiger partial charge in [-0.1, -0.05) is 38.1 Å². The summed E-state index contributed by atoms with van der Waals surface area (Å²) in [5.74, 6) is 1.53. The highest BCUT2D eigenvalue weighted by molar-refractivity contribution is 5.81. The molecular formula is C16H22N2O. The summed E-state index contributed by atoms with van der Waals surface area (Å²) in [4.78, 5) is 14.0. The quantitative estimate of drug-likeness (QED) is 0.900. The molecule has 1 N–H and O–H groups in total. The van der Waals surface area contributed by atoms with Crippen LogP contribution >= 0.6 is 0 Å². The predicted octanol–water partition coefficient (Wildman–Crippen LogP) is 2.65. The highest BCUT2D eigenvalue weighted by Gasteiger charge is 2.35. The van der Waals surface area contributed by atoms with Crippen LogP contribution in [0, 0.1) is 5.92 Å². The summed E-state index contributed by atoms with van der Waals surface area (Å²) in [6, 6.07) is 8.68. The molecule has 0 radical (unpaired) electrons. The van der Waals surface area contributed by atoms with Crippen molar-refractivity contribution >= 4 is 5.91 Å². The summed E-state index contributed by atoms with van der Waals surface area (Å²) in [5, 5.41) is 3.33. The van der Waals surface area contributed by atoms with Gasteiger partial charge in [0.15, 0.2) is 0 Å². The van der Waals surface area contributed by atoms with Gasteiger partial charge in [-0.15, -0.1) is 0 Å². The van der Waals surface area contributed by atoms with Gasteiger partial charge in [0.25, 0.3) is 0 Å². The van der Waals surface area contributed by atoms with Gasteiger partial charge in [-0.2, -0.15) is 0 Å². The fraction of sp³-hybridized carbons (Fsp3) is 0.562. The molecule has 1 atom stereocenters. The van der Waals surface area contributed by atoms with Crippen molar-refractivity contribution in [3.05, 3.63) is 35.4 Å². The van der Waals surface area contributed by atoms with Crippen molar-refractivity contribution in [3.63, 3.8) is 0 Å². The molecule has 1 saturated carbocycles. The number of nitrogens with one attached hydrogen (secondary N) is 1. The molecule has 1 saturated heterocycles. The highest BCUT2D eigenvalue weighted by atomic mass is 16.2. The van der Waals surface area contributed by atoms with Gasteiger partial charge in [0, 0.05) is 6.54 Å². The van der Waals surface area contributed by atoms with E-state index in [-0.39, 0.29) is 12.1 Å². The van der Waals surface area contributed by atoms with E-state index in [2.05, 4.69) is 43.4 Å². The molecule has 3 rings (SSSR count). The Morgan fingerprint density at radius 1 is 1.26 bits per heavy atom. The molecule has 0 aromatic heterocycles. The topological polar surface area (TPSA) is 32.3 Å². The van der Waals surface area contributed by atoms with Crippen LogP contribution in [0.3, 0.4) is 0 Å². The number of amides is 1. The van der Waals surface area contributed by atoms with E-state index in [4.69, 9.17) is 0 Å².